The highest BCUT2D eigenvalue weighted by molar-refractivity contribution is 5.91. The van der Waals surface area contributed by atoms with Crippen molar-refractivity contribution in [2.45, 2.75) is 13.0 Å². The van der Waals surface area contributed by atoms with Crippen molar-refractivity contribution in [3.05, 3.63) is 48.4 Å². The van der Waals surface area contributed by atoms with Gasteiger partial charge in [-0.25, -0.2) is 0 Å². The number of carbonyl (C=O) groups excluding carboxylic acids is 1. The molecule has 0 saturated carbocycles. The summed E-state index contributed by atoms with van der Waals surface area (Å²) in [6.45, 7) is 2.33. The van der Waals surface area contributed by atoms with Crippen molar-refractivity contribution in [3.63, 3.8) is 0 Å². The molecule has 5 nitrogen and oxygen atoms in total. The van der Waals surface area contributed by atoms with Gasteiger partial charge in [-0.3, -0.25) is 4.79 Å². The summed E-state index contributed by atoms with van der Waals surface area (Å²) in [5.74, 6) is 1.52. The average molecular weight is 275 g/mol. The predicted molar refractivity (Wildman–Crippen MR) is 75.5 cm³/mol. The highest BCUT2D eigenvalue weighted by atomic mass is 16.5. The molecule has 0 aliphatic carbocycles. The molecule has 106 valence electrons. The first-order valence-electron chi connectivity index (χ1n) is 6.49. The zero-order chi connectivity index (χ0) is 14.4. The smallest absolute Gasteiger partial charge is 0.279 e. The van der Waals surface area contributed by atoms with Gasteiger partial charge >= 0.3 is 0 Å². The number of methoxy groups -OCH3 is 1. The summed E-state index contributed by atoms with van der Waals surface area (Å²) in [6.07, 6.45) is 1.63. The average Bonchev–Trinajstić information content (AvgIpc) is 2.99. The number of amides is 1. The van der Waals surface area contributed by atoms with Crippen LogP contribution in [0.25, 0.3) is 0 Å². The van der Waals surface area contributed by atoms with Crippen LogP contribution in [0.5, 0.6) is 5.75 Å². The van der Waals surface area contributed by atoms with Crippen molar-refractivity contribution in [1.82, 2.24) is 0 Å². The molecule has 1 heterocycles. The van der Waals surface area contributed by atoms with E-state index in [2.05, 4.69) is 5.32 Å². The fourth-order valence-electron chi connectivity index (χ4n) is 1.86. The molecule has 0 unspecified atom stereocenters. The van der Waals surface area contributed by atoms with E-state index in [-0.39, 0.29) is 11.9 Å². The molecule has 0 radical (unpaired) electrons. The van der Waals surface area contributed by atoms with Crippen molar-refractivity contribution in [3.8, 4) is 5.75 Å². The molecular formula is C15H19N2O3+. The molecule has 1 aromatic heterocycles. The van der Waals surface area contributed by atoms with Crippen molar-refractivity contribution in [2.24, 2.45) is 0 Å². The van der Waals surface area contributed by atoms with E-state index in [1.165, 1.54) is 0 Å². The zero-order valence-corrected chi connectivity index (χ0v) is 11.6. The monoisotopic (exact) mass is 275 g/mol. The van der Waals surface area contributed by atoms with Gasteiger partial charge in [0.2, 0.25) is 0 Å². The van der Waals surface area contributed by atoms with E-state index in [1.54, 1.807) is 19.4 Å². The number of anilines is 1. The number of hydrogen-bond donors (Lipinski definition) is 2. The molecule has 2 aromatic rings. The van der Waals surface area contributed by atoms with Crippen LogP contribution in [0.15, 0.2) is 47.1 Å². The van der Waals surface area contributed by atoms with Crippen LogP contribution < -0.4 is 15.4 Å². The summed E-state index contributed by atoms with van der Waals surface area (Å²) in [7, 11) is 1.60. The van der Waals surface area contributed by atoms with Crippen LogP contribution in [-0.2, 0) is 4.79 Å². The van der Waals surface area contributed by atoms with Gasteiger partial charge in [0.05, 0.1) is 13.4 Å². The number of rotatable bonds is 6. The molecular weight excluding hydrogens is 256 g/mol. The molecule has 1 atom stereocenters. The van der Waals surface area contributed by atoms with E-state index < -0.39 is 0 Å². The molecule has 1 aromatic carbocycles. The minimum atomic E-state index is -0.0586. The molecule has 0 aliphatic rings. The number of benzene rings is 1. The molecule has 0 aliphatic heterocycles. The maximum Gasteiger partial charge on any atom is 0.279 e. The first kappa shape index (κ1) is 14.1. The van der Waals surface area contributed by atoms with Gasteiger partial charge in [0, 0.05) is 11.8 Å². The lowest BCUT2D eigenvalue weighted by Crippen LogP contribution is -2.86. The number of hydrogen-bond acceptors (Lipinski definition) is 3. The third kappa shape index (κ3) is 3.86. The minimum absolute atomic E-state index is 0.0586. The fraction of sp³-hybridized carbons (Fsp3) is 0.267. The van der Waals surface area contributed by atoms with Gasteiger partial charge in [0.15, 0.2) is 12.3 Å². The van der Waals surface area contributed by atoms with Crippen molar-refractivity contribution in [1.29, 1.82) is 0 Å². The maximum absolute atomic E-state index is 11.9. The summed E-state index contributed by atoms with van der Waals surface area (Å²) >= 11 is 0. The number of furan rings is 1. The third-order valence-corrected chi connectivity index (χ3v) is 3.00. The van der Waals surface area contributed by atoms with Crippen LogP contribution in [0.3, 0.4) is 0 Å². The van der Waals surface area contributed by atoms with Crippen LogP contribution in [0, 0.1) is 0 Å². The Kier molecular flexibility index (Phi) is 4.79. The molecule has 2 rings (SSSR count). The van der Waals surface area contributed by atoms with Crippen molar-refractivity contribution < 1.29 is 19.3 Å². The third-order valence-electron chi connectivity index (χ3n) is 3.00. The van der Waals surface area contributed by atoms with E-state index in [4.69, 9.17) is 9.15 Å². The molecule has 3 N–H and O–H groups in total. The van der Waals surface area contributed by atoms with Gasteiger partial charge in [-0.15, -0.1) is 0 Å². The minimum Gasteiger partial charge on any atom is -0.497 e. The van der Waals surface area contributed by atoms with E-state index in [9.17, 15) is 4.79 Å². The van der Waals surface area contributed by atoms with Gasteiger partial charge in [0.25, 0.3) is 5.91 Å². The Morgan fingerprint density at radius 2 is 2.25 bits per heavy atom. The van der Waals surface area contributed by atoms with Crippen LogP contribution in [0.4, 0.5) is 5.69 Å². The molecule has 0 spiro atoms. The van der Waals surface area contributed by atoms with Crippen molar-refractivity contribution >= 4 is 11.6 Å². The summed E-state index contributed by atoms with van der Waals surface area (Å²) < 4.78 is 10.4. The van der Waals surface area contributed by atoms with Crippen molar-refractivity contribution in [2.75, 3.05) is 19.0 Å². The standard InChI is InChI=1S/C15H18N2O3/c1-11(14-7-4-8-20-14)16-10-15(18)17-12-5-3-6-13(9-12)19-2/h3-9,11,16H,10H2,1-2H3,(H,17,18)/p+1/t11-/m1/s1. The molecule has 0 fully saturated rings. The summed E-state index contributed by atoms with van der Waals surface area (Å²) in [6, 6.07) is 11.1. The maximum atomic E-state index is 11.9. The van der Waals surface area contributed by atoms with E-state index in [0.717, 1.165) is 17.2 Å². The second-order valence-corrected chi connectivity index (χ2v) is 4.52. The Bertz CT molecular complexity index is 552. The molecule has 5 heteroatoms. The second-order valence-electron chi connectivity index (χ2n) is 4.52. The largest absolute Gasteiger partial charge is 0.497 e. The number of nitrogens with two attached hydrogens (primary N) is 1. The normalized spacial score (nSPS) is 11.9. The number of ether oxygens (including phenoxy) is 1. The lowest BCUT2D eigenvalue weighted by Gasteiger charge is -2.09. The summed E-state index contributed by atoms with van der Waals surface area (Å²) in [4.78, 5) is 11.9. The van der Waals surface area contributed by atoms with Crippen LogP contribution in [0.2, 0.25) is 0 Å². The lowest BCUT2D eigenvalue weighted by molar-refractivity contribution is -0.684. The van der Waals surface area contributed by atoms with Crippen LogP contribution in [-0.4, -0.2) is 19.6 Å². The quantitative estimate of drug-likeness (QED) is 0.840. The molecule has 20 heavy (non-hydrogen) atoms. The Labute approximate surface area is 117 Å². The number of quaternary nitrogens is 1. The number of nitrogens with one attached hydrogen (secondary N) is 1. The summed E-state index contributed by atoms with van der Waals surface area (Å²) in [5.41, 5.74) is 0.730. The molecule has 0 saturated heterocycles. The van der Waals surface area contributed by atoms with Gasteiger partial charge in [-0.05, 0) is 31.2 Å². The zero-order valence-electron chi connectivity index (χ0n) is 11.6. The molecule has 1 amide bonds. The second kappa shape index (κ2) is 6.77. The highest BCUT2D eigenvalue weighted by Gasteiger charge is 2.13. The fourth-order valence-corrected chi connectivity index (χ4v) is 1.86. The van der Waals surface area contributed by atoms with Crippen LogP contribution in [0.1, 0.15) is 18.7 Å². The van der Waals surface area contributed by atoms with Gasteiger partial charge < -0.3 is 19.8 Å². The SMILES string of the molecule is COc1cccc(NC(=O)C[NH2+][C@H](C)c2ccco2)c1. The predicted octanol–water partition coefficient (Wildman–Crippen LogP) is 1.55. The Balaban J connectivity index is 1.83. The summed E-state index contributed by atoms with van der Waals surface area (Å²) in [5, 5.41) is 4.76. The first-order valence-corrected chi connectivity index (χ1v) is 6.49. The first-order chi connectivity index (χ1) is 9.69. The van der Waals surface area contributed by atoms with E-state index in [0.29, 0.717) is 6.54 Å². The lowest BCUT2D eigenvalue weighted by atomic mass is 10.2. The highest BCUT2D eigenvalue weighted by Crippen LogP contribution is 2.16. The Hall–Kier alpha value is -2.27. The van der Waals surface area contributed by atoms with Gasteiger partial charge in [-0.1, -0.05) is 6.07 Å². The Morgan fingerprint density at radius 3 is 2.95 bits per heavy atom. The van der Waals surface area contributed by atoms with Gasteiger partial charge in [0.1, 0.15) is 11.8 Å². The van der Waals surface area contributed by atoms with E-state index >= 15 is 0 Å². The van der Waals surface area contributed by atoms with Gasteiger partial charge in [-0.2, -0.15) is 0 Å². The topological polar surface area (TPSA) is 68.1 Å². The molecule has 0 bridgehead atoms. The Morgan fingerprint density at radius 1 is 1.40 bits per heavy atom. The number of carbonyl (C=O) groups is 1. The van der Waals surface area contributed by atoms with E-state index in [1.807, 2.05) is 42.6 Å². The van der Waals surface area contributed by atoms with Crippen LogP contribution >= 0.6 is 0 Å².